The third kappa shape index (κ3) is 22.1. The Labute approximate surface area is 288 Å². The van der Waals surface area contributed by atoms with Gasteiger partial charge in [0.05, 0.1) is 13.1 Å². The summed E-state index contributed by atoms with van der Waals surface area (Å²) in [6.07, 6.45) is 48.7. The average Bonchev–Trinajstić information content (AvgIpc) is 3.72. The number of unbranched alkanes of at least 4 members (excludes halogenated alkanes) is 26. The lowest BCUT2D eigenvalue weighted by molar-refractivity contribution is 0.372. The third-order valence-electron chi connectivity index (χ3n) is 10.1. The molecule has 0 aromatic heterocycles. The highest BCUT2D eigenvalue weighted by Gasteiger charge is 2.18. The zero-order chi connectivity index (χ0) is 32.6. The maximum Gasteiger partial charge on any atom is 0.123 e. The third-order valence-corrected chi connectivity index (χ3v) is 10.1. The van der Waals surface area contributed by atoms with Gasteiger partial charge in [-0.25, -0.2) is 0 Å². The SMILES string of the molecule is CCCCCCCCCCCCCCC/C=C/C1=NCCN1CCN1CCN=C1/C=C/CCCCCCCCCCCCCCC. The van der Waals surface area contributed by atoms with E-state index in [0.717, 1.165) is 39.3 Å². The molecule has 0 N–H and O–H groups in total. The Kier molecular flexibility index (Phi) is 27.1. The van der Waals surface area contributed by atoms with Gasteiger partial charge in [0.2, 0.25) is 0 Å². The fourth-order valence-corrected chi connectivity index (χ4v) is 6.95. The molecule has 0 spiro atoms. The minimum absolute atomic E-state index is 0.943. The number of aliphatic imine (C=N–C) groups is 2. The van der Waals surface area contributed by atoms with Crippen molar-refractivity contribution in [1.29, 1.82) is 0 Å². The predicted octanol–water partition coefficient (Wildman–Crippen LogP) is 12.5. The quantitative estimate of drug-likeness (QED) is 0.0670. The number of nitrogens with zero attached hydrogens (tertiary/aromatic N) is 4. The summed E-state index contributed by atoms with van der Waals surface area (Å²) in [5.41, 5.74) is 0. The van der Waals surface area contributed by atoms with E-state index in [1.54, 1.807) is 0 Å². The van der Waals surface area contributed by atoms with Gasteiger partial charge in [-0.15, -0.1) is 0 Å². The average molecular weight is 639 g/mol. The van der Waals surface area contributed by atoms with Gasteiger partial charge in [-0.05, 0) is 37.8 Å². The van der Waals surface area contributed by atoms with Crippen molar-refractivity contribution in [2.75, 3.05) is 39.3 Å². The molecule has 2 aliphatic rings. The van der Waals surface area contributed by atoms with E-state index >= 15 is 0 Å². The molecule has 0 aromatic rings. The highest BCUT2D eigenvalue weighted by Crippen LogP contribution is 2.15. The number of amidine groups is 2. The van der Waals surface area contributed by atoms with Gasteiger partial charge in [0.25, 0.3) is 0 Å². The van der Waals surface area contributed by atoms with Crippen LogP contribution < -0.4 is 0 Å². The molecule has 46 heavy (non-hydrogen) atoms. The van der Waals surface area contributed by atoms with Crippen molar-refractivity contribution >= 4 is 11.7 Å². The van der Waals surface area contributed by atoms with Gasteiger partial charge in [-0.2, -0.15) is 0 Å². The van der Waals surface area contributed by atoms with E-state index in [2.05, 4.69) is 48.0 Å². The summed E-state index contributed by atoms with van der Waals surface area (Å²) in [5, 5.41) is 0. The van der Waals surface area contributed by atoms with Crippen molar-refractivity contribution in [2.45, 2.75) is 194 Å². The lowest BCUT2D eigenvalue weighted by Crippen LogP contribution is -2.37. The second-order valence-corrected chi connectivity index (χ2v) is 14.3. The summed E-state index contributed by atoms with van der Waals surface area (Å²) in [6.45, 7) is 10.7. The molecule has 266 valence electrons. The summed E-state index contributed by atoms with van der Waals surface area (Å²) in [4.78, 5) is 14.6. The second-order valence-electron chi connectivity index (χ2n) is 14.3. The number of allylic oxidation sites excluding steroid dienone is 2. The molecule has 0 amide bonds. The molecule has 0 aromatic carbocycles. The van der Waals surface area contributed by atoms with E-state index in [0.29, 0.717) is 0 Å². The predicted molar refractivity (Wildman–Crippen MR) is 207 cm³/mol. The van der Waals surface area contributed by atoms with Crippen LogP contribution in [0.2, 0.25) is 0 Å². The molecular weight excluding hydrogens is 560 g/mol. The Bertz CT molecular complexity index is 731. The smallest absolute Gasteiger partial charge is 0.123 e. The summed E-state index contributed by atoms with van der Waals surface area (Å²) in [6, 6.07) is 0. The Balaban J connectivity index is 1.43. The van der Waals surface area contributed by atoms with Gasteiger partial charge in [0, 0.05) is 26.2 Å². The Morgan fingerprint density at radius 3 is 1.00 bits per heavy atom. The highest BCUT2D eigenvalue weighted by molar-refractivity contribution is 5.95. The summed E-state index contributed by atoms with van der Waals surface area (Å²) >= 11 is 0. The van der Waals surface area contributed by atoms with Crippen molar-refractivity contribution in [3.8, 4) is 0 Å². The van der Waals surface area contributed by atoms with Crippen molar-refractivity contribution < 1.29 is 0 Å². The molecule has 2 aliphatic heterocycles. The summed E-state index contributed by atoms with van der Waals surface area (Å²) in [7, 11) is 0. The van der Waals surface area contributed by atoms with Crippen LogP contribution in [0.1, 0.15) is 194 Å². The standard InChI is InChI=1S/C42H78N4/c1-3-5-7-9-11-13-15-17-19-21-23-25-27-29-31-33-41-43-35-37-45(41)39-40-46-38-36-44-42(46)34-32-30-28-26-24-22-20-18-16-14-12-10-8-6-4-2/h31-34H,3-30,35-40H2,1-2H3/b33-31+,34-32+. The second kappa shape index (κ2) is 30.7. The van der Waals surface area contributed by atoms with Crippen LogP contribution in [-0.2, 0) is 0 Å². The first-order valence-corrected chi connectivity index (χ1v) is 20.8. The Morgan fingerprint density at radius 1 is 0.413 bits per heavy atom. The monoisotopic (exact) mass is 639 g/mol. The first-order chi connectivity index (χ1) is 22.8. The van der Waals surface area contributed by atoms with Crippen molar-refractivity contribution in [3.05, 3.63) is 24.3 Å². The molecule has 4 heteroatoms. The van der Waals surface area contributed by atoms with Gasteiger partial charge in [-0.1, -0.05) is 180 Å². The fourth-order valence-electron chi connectivity index (χ4n) is 6.95. The molecule has 0 saturated carbocycles. The molecular formula is C42H78N4. The van der Waals surface area contributed by atoms with Crippen LogP contribution in [0.3, 0.4) is 0 Å². The zero-order valence-electron chi connectivity index (χ0n) is 31.1. The molecule has 0 bridgehead atoms. The molecule has 0 saturated heterocycles. The van der Waals surface area contributed by atoms with E-state index in [1.165, 1.54) is 191 Å². The molecule has 2 rings (SSSR count). The van der Waals surface area contributed by atoms with Gasteiger partial charge in [0.15, 0.2) is 0 Å². The van der Waals surface area contributed by atoms with Gasteiger partial charge in [0.1, 0.15) is 11.7 Å². The van der Waals surface area contributed by atoms with Crippen LogP contribution >= 0.6 is 0 Å². The minimum atomic E-state index is 0.943. The topological polar surface area (TPSA) is 31.2 Å². The van der Waals surface area contributed by atoms with E-state index in [4.69, 9.17) is 9.98 Å². The van der Waals surface area contributed by atoms with E-state index in [1.807, 2.05) is 0 Å². The molecule has 4 nitrogen and oxygen atoms in total. The van der Waals surface area contributed by atoms with Crippen LogP contribution in [0, 0.1) is 0 Å². The number of hydrogen-bond acceptors (Lipinski definition) is 4. The highest BCUT2D eigenvalue weighted by atomic mass is 15.3. The molecule has 0 aliphatic carbocycles. The zero-order valence-corrected chi connectivity index (χ0v) is 31.1. The number of rotatable bonds is 33. The van der Waals surface area contributed by atoms with Crippen molar-refractivity contribution in [1.82, 2.24) is 9.80 Å². The van der Waals surface area contributed by atoms with E-state index in [-0.39, 0.29) is 0 Å². The molecule has 0 radical (unpaired) electrons. The molecule has 2 heterocycles. The van der Waals surface area contributed by atoms with Crippen molar-refractivity contribution in [2.24, 2.45) is 9.98 Å². The lowest BCUT2D eigenvalue weighted by Gasteiger charge is -2.24. The molecule has 0 atom stereocenters. The maximum absolute atomic E-state index is 4.80. The van der Waals surface area contributed by atoms with Crippen molar-refractivity contribution in [3.63, 3.8) is 0 Å². The van der Waals surface area contributed by atoms with Crippen LogP contribution in [0.4, 0.5) is 0 Å². The maximum atomic E-state index is 4.80. The first-order valence-electron chi connectivity index (χ1n) is 20.8. The Hall–Kier alpha value is -1.58. The molecule has 0 unspecified atom stereocenters. The van der Waals surface area contributed by atoms with Gasteiger partial charge >= 0.3 is 0 Å². The van der Waals surface area contributed by atoms with Crippen LogP contribution in [0.5, 0.6) is 0 Å². The van der Waals surface area contributed by atoms with Crippen LogP contribution in [-0.4, -0.2) is 60.7 Å². The largest absolute Gasteiger partial charge is 0.353 e. The van der Waals surface area contributed by atoms with Gasteiger partial charge < -0.3 is 9.80 Å². The number of hydrogen-bond donors (Lipinski definition) is 0. The van der Waals surface area contributed by atoms with E-state index in [9.17, 15) is 0 Å². The lowest BCUT2D eigenvalue weighted by atomic mass is 10.0. The minimum Gasteiger partial charge on any atom is -0.353 e. The van der Waals surface area contributed by atoms with Crippen LogP contribution in [0.25, 0.3) is 0 Å². The van der Waals surface area contributed by atoms with Gasteiger partial charge in [-0.3, -0.25) is 9.98 Å². The first kappa shape index (κ1) is 40.6. The van der Waals surface area contributed by atoms with Crippen LogP contribution in [0.15, 0.2) is 34.3 Å². The summed E-state index contributed by atoms with van der Waals surface area (Å²) in [5.74, 6) is 2.40. The fraction of sp³-hybridized carbons (Fsp3) is 0.857. The molecule has 0 fully saturated rings. The summed E-state index contributed by atoms with van der Waals surface area (Å²) < 4.78 is 0. The normalized spacial score (nSPS) is 15.3. The van der Waals surface area contributed by atoms with E-state index < -0.39 is 0 Å². The Morgan fingerprint density at radius 2 is 0.696 bits per heavy atom.